The number of hydrogen-bond acceptors (Lipinski definition) is 4. The van der Waals surface area contributed by atoms with Crippen LogP contribution in [0.3, 0.4) is 0 Å². The first kappa shape index (κ1) is 21.9. The maximum absolute atomic E-state index is 12.3. The molecule has 3 aromatic rings. The van der Waals surface area contributed by atoms with Crippen molar-refractivity contribution in [1.82, 2.24) is 5.32 Å². The Morgan fingerprint density at radius 3 is 2.03 bits per heavy atom. The Kier molecular flexibility index (Phi) is 6.89. The van der Waals surface area contributed by atoms with E-state index >= 15 is 0 Å². The van der Waals surface area contributed by atoms with Crippen molar-refractivity contribution >= 4 is 35.0 Å². The second-order valence-electron chi connectivity index (χ2n) is 6.73. The lowest BCUT2D eigenvalue weighted by Crippen LogP contribution is -2.32. The minimum Gasteiger partial charge on any atom is -0.457 e. The molecule has 0 radical (unpaired) electrons. The molecule has 0 fully saturated rings. The normalized spacial score (nSPS) is 10.3. The molecule has 0 saturated heterocycles. The quantitative estimate of drug-likeness (QED) is 0.520. The van der Waals surface area contributed by atoms with Crippen LogP contribution in [0, 0.1) is 6.92 Å². The Morgan fingerprint density at radius 2 is 1.48 bits per heavy atom. The fraction of sp³-hybridized carbons (Fsp3) is 0.0870. The number of hydrogen-bond donors (Lipinski definition) is 3. The lowest BCUT2D eigenvalue weighted by molar-refractivity contribution is -0.115. The van der Waals surface area contributed by atoms with E-state index in [0.717, 1.165) is 5.56 Å². The zero-order valence-electron chi connectivity index (χ0n) is 16.6. The molecule has 3 rings (SSSR count). The Balaban J connectivity index is 1.52. The van der Waals surface area contributed by atoms with Crippen molar-refractivity contribution in [2.24, 2.45) is 5.73 Å². The lowest BCUT2D eigenvalue weighted by atomic mass is 10.2. The third kappa shape index (κ3) is 6.07. The van der Waals surface area contributed by atoms with E-state index in [1.165, 1.54) is 0 Å². The van der Waals surface area contributed by atoms with E-state index in [2.05, 4.69) is 10.6 Å². The summed E-state index contributed by atoms with van der Waals surface area (Å²) in [5.41, 5.74) is 7.42. The van der Waals surface area contributed by atoms with Crippen LogP contribution in [0.25, 0.3) is 0 Å². The summed E-state index contributed by atoms with van der Waals surface area (Å²) in [7, 11) is 0. The highest BCUT2D eigenvalue weighted by Gasteiger charge is 2.10. The second kappa shape index (κ2) is 9.77. The van der Waals surface area contributed by atoms with E-state index in [9.17, 15) is 14.4 Å². The fourth-order valence-corrected chi connectivity index (χ4v) is 2.96. The van der Waals surface area contributed by atoms with Gasteiger partial charge < -0.3 is 21.1 Å². The number of anilines is 1. The van der Waals surface area contributed by atoms with Gasteiger partial charge in [-0.3, -0.25) is 14.4 Å². The first-order valence-electron chi connectivity index (χ1n) is 9.34. The number of aryl methyl sites for hydroxylation is 1. The predicted molar refractivity (Wildman–Crippen MR) is 119 cm³/mol. The summed E-state index contributed by atoms with van der Waals surface area (Å²) in [6.45, 7) is 1.70. The van der Waals surface area contributed by atoms with E-state index in [0.29, 0.717) is 33.3 Å². The first-order valence-corrected chi connectivity index (χ1v) is 9.71. The largest absolute Gasteiger partial charge is 0.457 e. The maximum Gasteiger partial charge on any atom is 0.251 e. The van der Waals surface area contributed by atoms with Gasteiger partial charge >= 0.3 is 0 Å². The Labute approximate surface area is 184 Å². The molecule has 7 nitrogen and oxygen atoms in total. The molecule has 0 aliphatic heterocycles. The van der Waals surface area contributed by atoms with Gasteiger partial charge in [0.05, 0.1) is 17.3 Å². The molecule has 0 unspecified atom stereocenters. The van der Waals surface area contributed by atoms with Crippen molar-refractivity contribution in [1.29, 1.82) is 0 Å². The highest BCUT2D eigenvalue weighted by molar-refractivity contribution is 6.33. The third-order valence-electron chi connectivity index (χ3n) is 4.30. The number of benzene rings is 3. The fourth-order valence-electron chi connectivity index (χ4n) is 2.68. The first-order chi connectivity index (χ1) is 14.8. The number of carbonyl (C=O) groups excluding carboxylic acids is 3. The van der Waals surface area contributed by atoms with Gasteiger partial charge in [0.15, 0.2) is 0 Å². The van der Waals surface area contributed by atoms with Crippen molar-refractivity contribution in [2.75, 3.05) is 11.9 Å². The van der Waals surface area contributed by atoms with Crippen molar-refractivity contribution in [3.8, 4) is 11.5 Å². The molecule has 158 valence electrons. The van der Waals surface area contributed by atoms with Crippen LogP contribution in [0.15, 0.2) is 66.7 Å². The Hall–Kier alpha value is -3.84. The summed E-state index contributed by atoms with van der Waals surface area (Å²) in [4.78, 5) is 35.5. The molecule has 0 spiro atoms. The van der Waals surface area contributed by atoms with Crippen LogP contribution < -0.4 is 21.1 Å². The SMILES string of the molecule is Cc1ccc(NC(=O)CNC(=O)c2ccc(Oc3ccc(C(N)=O)cc3)cc2)c(Cl)c1. The number of carbonyl (C=O) groups is 3. The van der Waals surface area contributed by atoms with Gasteiger partial charge in [0.2, 0.25) is 11.8 Å². The van der Waals surface area contributed by atoms with Gasteiger partial charge in [0.25, 0.3) is 5.91 Å². The molecule has 0 saturated carbocycles. The molecule has 3 amide bonds. The Morgan fingerprint density at radius 1 is 0.903 bits per heavy atom. The summed E-state index contributed by atoms with van der Waals surface area (Å²) in [5, 5.41) is 5.64. The second-order valence-corrected chi connectivity index (χ2v) is 7.14. The van der Waals surface area contributed by atoms with Gasteiger partial charge in [-0.1, -0.05) is 17.7 Å². The van der Waals surface area contributed by atoms with Crippen LogP contribution in [0.4, 0.5) is 5.69 Å². The molecule has 0 atom stereocenters. The lowest BCUT2D eigenvalue weighted by Gasteiger charge is -2.10. The molecule has 8 heteroatoms. The van der Waals surface area contributed by atoms with E-state index in [1.54, 1.807) is 60.7 Å². The van der Waals surface area contributed by atoms with Crippen LogP contribution >= 0.6 is 11.6 Å². The highest BCUT2D eigenvalue weighted by Crippen LogP contribution is 2.23. The van der Waals surface area contributed by atoms with Crippen LogP contribution in [0.1, 0.15) is 26.3 Å². The maximum atomic E-state index is 12.3. The summed E-state index contributed by atoms with van der Waals surface area (Å²) in [6, 6.07) is 18.1. The minimum atomic E-state index is -0.516. The average molecular weight is 438 g/mol. The van der Waals surface area contributed by atoms with Gasteiger partial charge in [0.1, 0.15) is 11.5 Å². The van der Waals surface area contributed by atoms with Crippen LogP contribution in [-0.2, 0) is 4.79 Å². The standard InChI is InChI=1S/C23H20ClN3O4/c1-14-2-11-20(19(24)12-14)27-21(28)13-26-23(30)16-5-9-18(10-6-16)31-17-7-3-15(4-8-17)22(25)29/h2-12H,13H2,1H3,(H2,25,29)(H,26,30)(H,27,28). The number of nitrogens with two attached hydrogens (primary N) is 1. The monoisotopic (exact) mass is 437 g/mol. The number of amides is 3. The van der Waals surface area contributed by atoms with E-state index in [1.807, 2.05) is 13.0 Å². The van der Waals surface area contributed by atoms with E-state index < -0.39 is 17.7 Å². The van der Waals surface area contributed by atoms with Crippen molar-refractivity contribution in [3.05, 3.63) is 88.4 Å². The predicted octanol–water partition coefficient (Wildman–Crippen LogP) is 3.91. The molecular formula is C23H20ClN3O4. The molecule has 0 aliphatic rings. The van der Waals surface area contributed by atoms with Gasteiger partial charge in [-0.15, -0.1) is 0 Å². The van der Waals surface area contributed by atoms with E-state index in [4.69, 9.17) is 22.1 Å². The highest BCUT2D eigenvalue weighted by atomic mass is 35.5. The topological polar surface area (TPSA) is 111 Å². The summed E-state index contributed by atoms with van der Waals surface area (Å²) >= 11 is 6.09. The molecule has 0 bridgehead atoms. The smallest absolute Gasteiger partial charge is 0.251 e. The zero-order valence-corrected chi connectivity index (χ0v) is 17.4. The number of rotatable bonds is 7. The van der Waals surface area contributed by atoms with Crippen molar-refractivity contribution in [2.45, 2.75) is 6.92 Å². The summed E-state index contributed by atoms with van der Waals surface area (Å²) < 4.78 is 5.67. The van der Waals surface area contributed by atoms with Gasteiger partial charge in [-0.25, -0.2) is 0 Å². The summed E-state index contributed by atoms with van der Waals surface area (Å²) in [6.07, 6.45) is 0. The molecule has 3 aromatic carbocycles. The van der Waals surface area contributed by atoms with Crippen LogP contribution in [0.2, 0.25) is 5.02 Å². The minimum absolute atomic E-state index is 0.201. The van der Waals surface area contributed by atoms with Gasteiger partial charge in [0, 0.05) is 11.1 Å². The number of primary amides is 1. The summed E-state index contributed by atoms with van der Waals surface area (Å²) in [5.74, 6) is -0.276. The molecule has 0 heterocycles. The van der Waals surface area contributed by atoms with Crippen molar-refractivity contribution in [3.63, 3.8) is 0 Å². The van der Waals surface area contributed by atoms with Crippen LogP contribution in [-0.4, -0.2) is 24.3 Å². The number of halogens is 1. The zero-order chi connectivity index (χ0) is 22.4. The third-order valence-corrected chi connectivity index (χ3v) is 4.61. The Bertz CT molecular complexity index is 1110. The number of ether oxygens (including phenoxy) is 1. The van der Waals surface area contributed by atoms with Crippen molar-refractivity contribution < 1.29 is 19.1 Å². The molecular weight excluding hydrogens is 418 g/mol. The van der Waals surface area contributed by atoms with E-state index in [-0.39, 0.29) is 6.54 Å². The molecule has 4 N–H and O–H groups in total. The average Bonchev–Trinajstić information content (AvgIpc) is 2.75. The molecule has 0 aliphatic carbocycles. The van der Waals surface area contributed by atoms with Gasteiger partial charge in [-0.2, -0.15) is 0 Å². The molecule has 31 heavy (non-hydrogen) atoms. The van der Waals surface area contributed by atoms with Gasteiger partial charge in [-0.05, 0) is 73.2 Å². The van der Waals surface area contributed by atoms with Crippen LogP contribution in [0.5, 0.6) is 11.5 Å². The molecule has 0 aromatic heterocycles. The number of nitrogens with one attached hydrogen (secondary N) is 2.